The summed E-state index contributed by atoms with van der Waals surface area (Å²) in [5, 5.41) is 45.0. The number of aliphatic hydroxyl groups is 1. The van der Waals surface area contributed by atoms with Crippen LogP contribution < -0.4 is 0 Å². The molecule has 0 bridgehead atoms. The first-order valence-corrected chi connectivity index (χ1v) is 26.4. The van der Waals surface area contributed by atoms with Crippen molar-refractivity contribution < 1.29 is 58.6 Å². The van der Waals surface area contributed by atoms with Crippen molar-refractivity contribution in [2.45, 2.75) is 202 Å². The zero-order chi connectivity index (χ0) is 57.0. The molecule has 0 aromatic heterocycles. The van der Waals surface area contributed by atoms with Gasteiger partial charge in [-0.05, 0) is 102 Å². The van der Waals surface area contributed by atoms with E-state index in [1.54, 1.807) is 0 Å². The number of benzene rings is 3. The first kappa shape index (κ1) is 61.7. The number of phenolic OH excluding ortho intramolecular Hbond substituents is 3. The molecule has 0 aliphatic carbocycles. The molecule has 1 saturated heterocycles. The zero-order valence-electron chi connectivity index (χ0n) is 48.4. The molecule has 1 aliphatic heterocycles. The van der Waals surface area contributed by atoms with Gasteiger partial charge in [0.1, 0.15) is 37.1 Å². The van der Waals surface area contributed by atoms with Crippen molar-refractivity contribution in [2.24, 2.45) is 0 Å². The molecule has 3 aromatic carbocycles. The van der Waals surface area contributed by atoms with Crippen LogP contribution in [0.1, 0.15) is 194 Å². The predicted molar refractivity (Wildman–Crippen MR) is 291 cm³/mol. The molecule has 1 aliphatic rings. The first-order valence-electron chi connectivity index (χ1n) is 26.4. The monoisotopic (exact) mass is 1040 g/mol. The summed E-state index contributed by atoms with van der Waals surface area (Å²) < 4.78 is 16.7. The van der Waals surface area contributed by atoms with Gasteiger partial charge in [-0.25, -0.2) is 14.5 Å². The Morgan fingerprint density at radius 1 is 0.413 bits per heavy atom. The Kier molecular flexibility index (Phi) is 19.4. The second kappa shape index (κ2) is 23.6. The van der Waals surface area contributed by atoms with E-state index >= 15 is 0 Å². The van der Waals surface area contributed by atoms with Gasteiger partial charge in [0.15, 0.2) is 0 Å². The molecule has 4 N–H and O–H groups in total. The molecular weight excluding hydrogens is 955 g/mol. The number of carbonyl (C=O) groups is 5. The van der Waals surface area contributed by atoms with Crippen molar-refractivity contribution in [3.63, 3.8) is 0 Å². The molecule has 0 radical (unpaired) electrons. The number of carbonyl (C=O) groups excluding carboxylic acids is 5. The maximum Gasteiger partial charge on any atom is 0.331 e. The third-order valence-corrected chi connectivity index (χ3v) is 13.5. The molecule has 3 aromatic rings. The second-order valence-corrected chi connectivity index (χ2v) is 26.2. The van der Waals surface area contributed by atoms with Crippen LogP contribution >= 0.6 is 0 Å². The lowest BCUT2D eigenvalue weighted by Gasteiger charge is -2.44. The standard InChI is InChI=1S/C60H89N3O12/c1-55(2,3)40-31-37(32-41(49(40)67)56(4,5)6)19-22-46(64)73-28-25-61-52(70)62(26-29-74-47(65)23-20-38-33-42(57(7,8)9)50(68)43(34-38)58(10,11)12)54(72)63(53(61)71)27-30-75-48(66)24-21-39-35-44(59(13,14)15)51(69)45(36-39)60(16,17)18/h31-36,52,67-70H,19-30H2,1-18H3. The van der Waals surface area contributed by atoms with Gasteiger partial charge < -0.3 is 34.6 Å². The Morgan fingerprint density at radius 3 is 0.840 bits per heavy atom. The van der Waals surface area contributed by atoms with Gasteiger partial charge >= 0.3 is 30.0 Å². The van der Waals surface area contributed by atoms with Crippen molar-refractivity contribution >= 4 is 30.0 Å². The minimum atomic E-state index is -1.82. The molecule has 75 heavy (non-hydrogen) atoms. The number of aliphatic hydroxyl groups excluding tert-OH is 1. The summed E-state index contributed by atoms with van der Waals surface area (Å²) in [5.41, 5.74) is 4.95. The van der Waals surface area contributed by atoms with Gasteiger partial charge in [-0.15, -0.1) is 0 Å². The van der Waals surface area contributed by atoms with Crippen LogP contribution in [0.25, 0.3) is 0 Å². The smallest absolute Gasteiger partial charge is 0.331 e. The Morgan fingerprint density at radius 2 is 0.627 bits per heavy atom. The highest BCUT2D eigenvalue weighted by molar-refractivity contribution is 5.96. The molecule has 0 atom stereocenters. The number of aryl methyl sites for hydroxylation is 3. The molecule has 0 spiro atoms. The number of urea groups is 2. The number of amides is 4. The molecule has 0 saturated carbocycles. The lowest BCUT2D eigenvalue weighted by molar-refractivity contribution is -0.148. The van der Waals surface area contributed by atoms with E-state index in [9.17, 15) is 44.4 Å². The van der Waals surface area contributed by atoms with Crippen molar-refractivity contribution in [1.29, 1.82) is 0 Å². The van der Waals surface area contributed by atoms with Crippen LogP contribution in [0.4, 0.5) is 9.59 Å². The lowest BCUT2D eigenvalue weighted by Crippen LogP contribution is -2.67. The molecule has 0 unspecified atom stereocenters. The number of hydrogen-bond acceptors (Lipinski definition) is 12. The Balaban J connectivity index is 1.47. The van der Waals surface area contributed by atoms with Crippen LogP contribution in [0, 0.1) is 0 Å². The number of phenols is 3. The molecule has 416 valence electrons. The van der Waals surface area contributed by atoms with Crippen molar-refractivity contribution in [1.82, 2.24) is 14.7 Å². The fourth-order valence-electron chi connectivity index (χ4n) is 9.04. The van der Waals surface area contributed by atoms with Gasteiger partial charge in [0.05, 0.1) is 19.6 Å². The number of rotatable bonds is 18. The average Bonchev–Trinajstić information content (AvgIpc) is 3.26. The van der Waals surface area contributed by atoms with Gasteiger partial charge in [-0.2, -0.15) is 0 Å². The molecule has 15 nitrogen and oxygen atoms in total. The van der Waals surface area contributed by atoms with Crippen LogP contribution in [0.3, 0.4) is 0 Å². The number of aromatic hydroxyl groups is 3. The van der Waals surface area contributed by atoms with E-state index in [2.05, 4.69) is 0 Å². The van der Waals surface area contributed by atoms with Gasteiger partial charge in [0.25, 0.3) is 0 Å². The molecule has 4 rings (SSSR count). The summed E-state index contributed by atoms with van der Waals surface area (Å²) in [4.78, 5) is 70.2. The third-order valence-electron chi connectivity index (χ3n) is 13.5. The van der Waals surface area contributed by atoms with E-state index in [0.29, 0.717) is 19.3 Å². The van der Waals surface area contributed by atoms with Crippen LogP contribution in [-0.2, 0) is 80.3 Å². The summed E-state index contributed by atoms with van der Waals surface area (Å²) in [6.07, 6.45) is -0.904. The summed E-state index contributed by atoms with van der Waals surface area (Å²) in [5.74, 6) is -1.01. The normalized spacial score (nSPS) is 14.4. The van der Waals surface area contributed by atoms with E-state index in [0.717, 1.165) is 64.8 Å². The fraction of sp³-hybridized carbons (Fsp3) is 0.617. The molecule has 1 fully saturated rings. The van der Waals surface area contributed by atoms with Gasteiger partial charge in [-0.1, -0.05) is 161 Å². The zero-order valence-corrected chi connectivity index (χ0v) is 48.4. The van der Waals surface area contributed by atoms with E-state index < -0.39 is 36.3 Å². The van der Waals surface area contributed by atoms with Gasteiger partial charge in [0.2, 0.25) is 6.35 Å². The number of imide groups is 1. The Bertz CT molecular complexity index is 2330. The summed E-state index contributed by atoms with van der Waals surface area (Å²) in [6, 6.07) is 9.57. The Labute approximate surface area is 446 Å². The summed E-state index contributed by atoms with van der Waals surface area (Å²) in [6.45, 7) is 34.1. The van der Waals surface area contributed by atoms with Gasteiger partial charge in [0, 0.05) is 19.3 Å². The van der Waals surface area contributed by atoms with Crippen LogP contribution in [-0.4, -0.2) is 111 Å². The fourth-order valence-corrected chi connectivity index (χ4v) is 9.04. The van der Waals surface area contributed by atoms with E-state index in [1.807, 2.05) is 161 Å². The summed E-state index contributed by atoms with van der Waals surface area (Å²) >= 11 is 0. The molecule has 4 amide bonds. The van der Waals surface area contributed by atoms with E-state index in [-0.39, 0.29) is 108 Å². The van der Waals surface area contributed by atoms with Crippen molar-refractivity contribution in [2.75, 3.05) is 39.5 Å². The lowest BCUT2D eigenvalue weighted by atomic mass is 9.78. The molecule has 1 heterocycles. The predicted octanol–water partition coefficient (Wildman–Crippen LogP) is 10.9. The first-order chi connectivity index (χ1) is 34.2. The SMILES string of the molecule is CC(C)(C)c1cc(CCC(=O)OCCN2C(=O)N(CCOC(=O)CCc3cc(C(C)(C)C)c(O)c(C(C)(C)C)c3)C(O)N(CCOC(=O)CCc3cc(C(C)(C)C)c(O)c(C(C)(C)C)c3)C2=O)cc(C(C)(C)C)c1O. The maximum atomic E-state index is 14.0. The highest BCUT2D eigenvalue weighted by Gasteiger charge is 2.43. The van der Waals surface area contributed by atoms with Crippen LogP contribution in [0.15, 0.2) is 36.4 Å². The minimum Gasteiger partial charge on any atom is -0.507 e. The van der Waals surface area contributed by atoms with E-state index in [1.165, 1.54) is 0 Å². The second-order valence-electron chi connectivity index (χ2n) is 26.2. The average molecular weight is 1040 g/mol. The van der Waals surface area contributed by atoms with Crippen molar-refractivity contribution in [3.8, 4) is 17.2 Å². The van der Waals surface area contributed by atoms with Gasteiger partial charge in [-0.3, -0.25) is 24.2 Å². The van der Waals surface area contributed by atoms with Crippen molar-refractivity contribution in [3.05, 3.63) is 86.5 Å². The molecule has 15 heteroatoms. The van der Waals surface area contributed by atoms with E-state index in [4.69, 9.17) is 14.2 Å². The largest absolute Gasteiger partial charge is 0.507 e. The summed E-state index contributed by atoms with van der Waals surface area (Å²) in [7, 11) is 0. The quantitative estimate of drug-likeness (QED) is 0.0694. The highest BCUT2D eigenvalue weighted by atomic mass is 16.5. The minimum absolute atomic E-state index is 0.00753. The highest BCUT2D eigenvalue weighted by Crippen LogP contribution is 2.43. The number of esters is 3. The van der Waals surface area contributed by atoms with Crippen LogP contribution in [0.2, 0.25) is 0 Å². The number of ether oxygens (including phenoxy) is 3. The number of hydrogen-bond donors (Lipinski definition) is 4. The number of nitrogens with zero attached hydrogens (tertiary/aromatic N) is 3. The Hall–Kier alpha value is -5.83. The van der Waals surface area contributed by atoms with Crippen LogP contribution in [0.5, 0.6) is 17.2 Å². The molecular formula is C60H89N3O12. The maximum absolute atomic E-state index is 14.0. The topological polar surface area (TPSA) is 204 Å². The third kappa shape index (κ3) is 16.3.